The summed E-state index contributed by atoms with van der Waals surface area (Å²) >= 11 is 0. The molecule has 0 spiro atoms. The third-order valence-electron chi connectivity index (χ3n) is 2.56. The fourth-order valence-corrected chi connectivity index (χ4v) is 1.58. The number of amides is 1. The van der Waals surface area contributed by atoms with Crippen molar-refractivity contribution in [3.05, 3.63) is 35.4 Å². The van der Waals surface area contributed by atoms with Gasteiger partial charge >= 0.3 is 6.09 Å². The second-order valence-corrected chi connectivity index (χ2v) is 3.90. The van der Waals surface area contributed by atoms with Gasteiger partial charge in [-0.05, 0) is 19.4 Å². The van der Waals surface area contributed by atoms with E-state index in [1.165, 1.54) is 5.56 Å². The maximum absolute atomic E-state index is 11.0. The van der Waals surface area contributed by atoms with Crippen molar-refractivity contribution in [1.82, 2.24) is 5.32 Å². The van der Waals surface area contributed by atoms with E-state index in [0.29, 0.717) is 6.61 Å². The Hall–Kier alpha value is -1.51. The first-order chi connectivity index (χ1) is 6.60. The molecule has 1 fully saturated rings. The van der Waals surface area contributed by atoms with Crippen LogP contribution < -0.4 is 5.32 Å². The summed E-state index contributed by atoms with van der Waals surface area (Å²) in [5.74, 6) is 0. The first-order valence-corrected chi connectivity index (χ1v) is 4.62. The van der Waals surface area contributed by atoms with Gasteiger partial charge in [0.2, 0.25) is 0 Å². The molecule has 3 nitrogen and oxygen atoms in total. The molecule has 1 atom stereocenters. The first kappa shape index (κ1) is 9.06. The molecule has 0 saturated carbocycles. The van der Waals surface area contributed by atoms with E-state index in [0.717, 1.165) is 5.56 Å². The van der Waals surface area contributed by atoms with Crippen LogP contribution in [0.4, 0.5) is 4.79 Å². The molecule has 2 rings (SSSR count). The van der Waals surface area contributed by atoms with Crippen LogP contribution in [-0.4, -0.2) is 12.7 Å². The van der Waals surface area contributed by atoms with Crippen LogP contribution in [0.5, 0.6) is 0 Å². The van der Waals surface area contributed by atoms with Gasteiger partial charge in [0.15, 0.2) is 0 Å². The van der Waals surface area contributed by atoms with Gasteiger partial charge in [-0.3, -0.25) is 0 Å². The number of hydrogen-bond donors (Lipinski definition) is 1. The van der Waals surface area contributed by atoms with Crippen LogP contribution in [0.3, 0.4) is 0 Å². The lowest BCUT2D eigenvalue weighted by atomic mass is 9.93. The maximum atomic E-state index is 11.0. The highest BCUT2D eigenvalue weighted by Gasteiger charge is 2.36. The van der Waals surface area contributed by atoms with Gasteiger partial charge in [-0.15, -0.1) is 0 Å². The van der Waals surface area contributed by atoms with E-state index in [1.54, 1.807) is 0 Å². The first-order valence-electron chi connectivity index (χ1n) is 4.62. The second-order valence-electron chi connectivity index (χ2n) is 3.90. The molecule has 1 saturated heterocycles. The lowest BCUT2D eigenvalue weighted by Crippen LogP contribution is -2.37. The molecule has 0 radical (unpaired) electrons. The minimum absolute atomic E-state index is 0.340. The quantitative estimate of drug-likeness (QED) is 0.736. The third kappa shape index (κ3) is 1.45. The van der Waals surface area contributed by atoms with Crippen molar-refractivity contribution in [3.63, 3.8) is 0 Å². The van der Waals surface area contributed by atoms with Crippen LogP contribution in [0.2, 0.25) is 0 Å². The molecule has 1 aromatic carbocycles. The third-order valence-corrected chi connectivity index (χ3v) is 2.56. The number of nitrogens with one attached hydrogen (secondary N) is 1. The summed E-state index contributed by atoms with van der Waals surface area (Å²) in [7, 11) is 0. The number of carbonyl (C=O) groups excluding carboxylic acids is 1. The Balaban J connectivity index is 2.30. The van der Waals surface area contributed by atoms with Gasteiger partial charge in [0, 0.05) is 0 Å². The number of aryl methyl sites for hydroxylation is 1. The molecule has 1 amide bonds. The van der Waals surface area contributed by atoms with Gasteiger partial charge in [-0.25, -0.2) is 4.79 Å². The van der Waals surface area contributed by atoms with Gasteiger partial charge in [-0.1, -0.05) is 29.8 Å². The van der Waals surface area contributed by atoms with Crippen LogP contribution in [-0.2, 0) is 10.3 Å². The molecule has 1 aromatic rings. The molecule has 1 heterocycles. The molecular formula is C11H13NO2. The zero-order valence-electron chi connectivity index (χ0n) is 8.33. The van der Waals surface area contributed by atoms with Gasteiger partial charge in [0.25, 0.3) is 0 Å². The summed E-state index contributed by atoms with van der Waals surface area (Å²) in [6.07, 6.45) is -0.340. The number of benzene rings is 1. The molecule has 0 bridgehead atoms. The lowest BCUT2D eigenvalue weighted by Gasteiger charge is -2.21. The Morgan fingerprint density at radius 2 is 2.00 bits per heavy atom. The Kier molecular flexibility index (Phi) is 1.95. The minimum atomic E-state index is -0.370. The number of alkyl carbamates (subject to hydrolysis) is 1. The van der Waals surface area contributed by atoms with Crippen molar-refractivity contribution < 1.29 is 9.53 Å². The molecule has 0 aliphatic carbocycles. The minimum Gasteiger partial charge on any atom is -0.447 e. The SMILES string of the molecule is Cc1ccc(C2(C)COC(=O)N2)cc1. The van der Waals surface area contributed by atoms with E-state index in [9.17, 15) is 4.79 Å². The van der Waals surface area contributed by atoms with Gasteiger partial charge in [0.1, 0.15) is 6.61 Å². The Labute approximate surface area is 83.1 Å². The molecule has 1 unspecified atom stereocenters. The molecule has 14 heavy (non-hydrogen) atoms. The number of cyclic esters (lactones) is 1. The molecule has 0 aromatic heterocycles. The summed E-state index contributed by atoms with van der Waals surface area (Å²) in [6, 6.07) is 8.10. The van der Waals surface area contributed by atoms with Crippen molar-refractivity contribution in [3.8, 4) is 0 Å². The summed E-state index contributed by atoms with van der Waals surface area (Å²) in [6.45, 7) is 4.40. The topological polar surface area (TPSA) is 38.3 Å². The number of rotatable bonds is 1. The molecule has 1 aliphatic heterocycles. The molecule has 1 N–H and O–H groups in total. The predicted molar refractivity (Wildman–Crippen MR) is 53.0 cm³/mol. The Morgan fingerprint density at radius 3 is 2.50 bits per heavy atom. The average Bonchev–Trinajstić information content (AvgIpc) is 2.48. The summed E-state index contributed by atoms with van der Waals surface area (Å²) in [4.78, 5) is 11.0. The van der Waals surface area contributed by atoms with Crippen LogP contribution in [0, 0.1) is 6.92 Å². The standard InChI is InChI=1S/C11H13NO2/c1-8-3-5-9(6-4-8)11(2)7-14-10(13)12-11/h3-6H,7H2,1-2H3,(H,12,13). The summed E-state index contributed by atoms with van der Waals surface area (Å²) < 4.78 is 4.90. The zero-order valence-corrected chi connectivity index (χ0v) is 8.33. The highest BCUT2D eigenvalue weighted by Crippen LogP contribution is 2.25. The fourth-order valence-electron chi connectivity index (χ4n) is 1.58. The van der Waals surface area contributed by atoms with Crippen molar-refractivity contribution in [2.45, 2.75) is 19.4 Å². The van der Waals surface area contributed by atoms with Gasteiger partial charge in [0.05, 0.1) is 5.54 Å². The average molecular weight is 191 g/mol. The summed E-state index contributed by atoms with van der Waals surface area (Å²) in [5.41, 5.74) is 1.92. The predicted octanol–water partition coefficient (Wildman–Crippen LogP) is 1.95. The number of ether oxygens (including phenoxy) is 1. The van der Waals surface area contributed by atoms with Crippen molar-refractivity contribution in [2.24, 2.45) is 0 Å². The number of hydrogen-bond acceptors (Lipinski definition) is 2. The van der Waals surface area contributed by atoms with Crippen molar-refractivity contribution in [1.29, 1.82) is 0 Å². The Morgan fingerprint density at radius 1 is 1.36 bits per heavy atom. The van der Waals surface area contributed by atoms with Crippen molar-refractivity contribution >= 4 is 6.09 Å². The molecule has 1 aliphatic rings. The molecule has 3 heteroatoms. The van der Waals surface area contributed by atoms with Crippen molar-refractivity contribution in [2.75, 3.05) is 6.61 Å². The fraction of sp³-hybridized carbons (Fsp3) is 0.364. The number of carbonyl (C=O) groups is 1. The monoisotopic (exact) mass is 191 g/mol. The normalized spacial score (nSPS) is 25.7. The lowest BCUT2D eigenvalue weighted by molar-refractivity contribution is 0.173. The van der Waals surface area contributed by atoms with E-state index in [-0.39, 0.29) is 11.6 Å². The zero-order chi connectivity index (χ0) is 10.2. The van der Waals surface area contributed by atoms with E-state index in [2.05, 4.69) is 5.32 Å². The maximum Gasteiger partial charge on any atom is 0.408 e. The van der Waals surface area contributed by atoms with E-state index >= 15 is 0 Å². The smallest absolute Gasteiger partial charge is 0.408 e. The molecule has 74 valence electrons. The highest BCUT2D eigenvalue weighted by molar-refractivity contribution is 5.71. The van der Waals surface area contributed by atoms with Crippen LogP contribution in [0.1, 0.15) is 18.1 Å². The van der Waals surface area contributed by atoms with E-state index in [1.807, 2.05) is 38.1 Å². The van der Waals surface area contributed by atoms with Gasteiger partial charge in [-0.2, -0.15) is 0 Å². The van der Waals surface area contributed by atoms with Gasteiger partial charge < -0.3 is 10.1 Å². The van der Waals surface area contributed by atoms with Crippen LogP contribution in [0.25, 0.3) is 0 Å². The highest BCUT2D eigenvalue weighted by atomic mass is 16.6. The van der Waals surface area contributed by atoms with Crippen LogP contribution in [0.15, 0.2) is 24.3 Å². The second kappa shape index (κ2) is 3.01. The summed E-state index contributed by atoms with van der Waals surface area (Å²) in [5, 5.41) is 2.80. The largest absolute Gasteiger partial charge is 0.447 e. The van der Waals surface area contributed by atoms with E-state index < -0.39 is 0 Å². The molecular weight excluding hydrogens is 178 g/mol. The van der Waals surface area contributed by atoms with E-state index in [4.69, 9.17) is 4.74 Å². The van der Waals surface area contributed by atoms with Crippen LogP contribution >= 0.6 is 0 Å². The Bertz CT molecular complexity index is 358.